The van der Waals surface area contributed by atoms with Crippen molar-refractivity contribution < 1.29 is 0 Å². The van der Waals surface area contributed by atoms with E-state index in [9.17, 15) is 0 Å². The van der Waals surface area contributed by atoms with Crippen LogP contribution in [0.2, 0.25) is 5.02 Å². The third kappa shape index (κ3) is 3.66. The van der Waals surface area contributed by atoms with Gasteiger partial charge in [-0.15, -0.1) is 11.8 Å². The highest BCUT2D eigenvalue weighted by atomic mass is 79.9. The van der Waals surface area contributed by atoms with Crippen molar-refractivity contribution in [3.8, 4) is 0 Å². The van der Waals surface area contributed by atoms with Crippen LogP contribution in [0.5, 0.6) is 0 Å². The molecule has 0 unspecified atom stereocenters. The molecule has 88 valence electrons. The van der Waals surface area contributed by atoms with Crippen LogP contribution in [0, 0.1) is 0 Å². The zero-order chi connectivity index (χ0) is 12.3. The van der Waals surface area contributed by atoms with Crippen molar-refractivity contribution in [2.45, 2.75) is 10.6 Å². The van der Waals surface area contributed by atoms with Gasteiger partial charge in [0.15, 0.2) is 0 Å². The fourth-order valence-electron chi connectivity index (χ4n) is 1.44. The van der Waals surface area contributed by atoms with Crippen molar-refractivity contribution in [3.05, 3.63) is 57.5 Å². The van der Waals surface area contributed by atoms with Crippen LogP contribution < -0.4 is 5.73 Å². The minimum atomic E-state index is 0.770. The molecule has 2 rings (SSSR count). The second-order valence-corrected chi connectivity index (χ2v) is 5.97. The molecule has 0 aliphatic heterocycles. The van der Waals surface area contributed by atoms with E-state index in [1.807, 2.05) is 36.4 Å². The molecule has 0 aromatic heterocycles. The highest BCUT2D eigenvalue weighted by Crippen LogP contribution is 2.30. The SMILES string of the molecule is Nc1cc(Br)ccc1SCc1cccc(Cl)c1. The lowest BCUT2D eigenvalue weighted by Gasteiger charge is -2.06. The smallest absolute Gasteiger partial charge is 0.0463 e. The van der Waals surface area contributed by atoms with Gasteiger partial charge in [0.25, 0.3) is 0 Å². The Labute approximate surface area is 118 Å². The average molecular weight is 329 g/mol. The van der Waals surface area contributed by atoms with E-state index in [1.165, 1.54) is 5.56 Å². The van der Waals surface area contributed by atoms with Gasteiger partial charge in [-0.3, -0.25) is 0 Å². The molecule has 0 fully saturated rings. The van der Waals surface area contributed by atoms with Crippen LogP contribution in [0.25, 0.3) is 0 Å². The maximum absolute atomic E-state index is 5.94. The maximum Gasteiger partial charge on any atom is 0.0463 e. The lowest BCUT2D eigenvalue weighted by molar-refractivity contribution is 1.38. The van der Waals surface area contributed by atoms with E-state index in [-0.39, 0.29) is 0 Å². The summed E-state index contributed by atoms with van der Waals surface area (Å²) in [5.74, 6) is 0.867. The Morgan fingerprint density at radius 1 is 1.18 bits per heavy atom. The van der Waals surface area contributed by atoms with E-state index in [1.54, 1.807) is 11.8 Å². The first kappa shape index (κ1) is 12.8. The molecule has 4 heteroatoms. The quantitative estimate of drug-likeness (QED) is 0.635. The monoisotopic (exact) mass is 327 g/mol. The zero-order valence-corrected chi connectivity index (χ0v) is 12.1. The molecular formula is C13H11BrClNS. The molecule has 0 saturated carbocycles. The molecule has 0 heterocycles. The molecular weight excluding hydrogens is 318 g/mol. The van der Waals surface area contributed by atoms with Gasteiger partial charge in [-0.1, -0.05) is 39.7 Å². The number of hydrogen-bond donors (Lipinski definition) is 1. The predicted molar refractivity (Wildman–Crippen MR) is 79.6 cm³/mol. The van der Waals surface area contributed by atoms with E-state index in [4.69, 9.17) is 17.3 Å². The first-order valence-electron chi connectivity index (χ1n) is 5.07. The third-order valence-electron chi connectivity index (χ3n) is 2.26. The lowest BCUT2D eigenvalue weighted by Crippen LogP contribution is -1.89. The number of rotatable bonds is 3. The van der Waals surface area contributed by atoms with Crippen molar-refractivity contribution in [2.75, 3.05) is 5.73 Å². The van der Waals surface area contributed by atoms with Crippen molar-refractivity contribution >= 4 is 45.0 Å². The molecule has 17 heavy (non-hydrogen) atoms. The van der Waals surface area contributed by atoms with Gasteiger partial charge >= 0.3 is 0 Å². The molecule has 0 aliphatic carbocycles. The van der Waals surface area contributed by atoms with E-state index in [2.05, 4.69) is 22.0 Å². The van der Waals surface area contributed by atoms with Crippen molar-refractivity contribution in [1.29, 1.82) is 0 Å². The molecule has 0 amide bonds. The van der Waals surface area contributed by atoms with Gasteiger partial charge in [0, 0.05) is 25.8 Å². The van der Waals surface area contributed by atoms with Gasteiger partial charge < -0.3 is 5.73 Å². The van der Waals surface area contributed by atoms with Gasteiger partial charge in [-0.25, -0.2) is 0 Å². The topological polar surface area (TPSA) is 26.0 Å². The van der Waals surface area contributed by atoms with Gasteiger partial charge in [-0.2, -0.15) is 0 Å². The molecule has 1 nitrogen and oxygen atoms in total. The van der Waals surface area contributed by atoms with Crippen LogP contribution in [-0.2, 0) is 5.75 Å². The fourth-order valence-corrected chi connectivity index (χ4v) is 2.92. The molecule has 0 aliphatic rings. The second-order valence-electron chi connectivity index (χ2n) is 3.60. The molecule has 2 N–H and O–H groups in total. The Kier molecular flexibility index (Phi) is 4.37. The summed E-state index contributed by atoms with van der Waals surface area (Å²) in [5, 5.41) is 0.770. The van der Waals surface area contributed by atoms with E-state index in [0.29, 0.717) is 0 Å². The number of hydrogen-bond acceptors (Lipinski definition) is 2. The molecule has 0 atom stereocenters. The van der Waals surface area contributed by atoms with E-state index in [0.717, 1.165) is 25.8 Å². The van der Waals surface area contributed by atoms with Gasteiger partial charge in [0.2, 0.25) is 0 Å². The first-order valence-corrected chi connectivity index (χ1v) is 7.23. The number of thioether (sulfide) groups is 1. The van der Waals surface area contributed by atoms with E-state index >= 15 is 0 Å². The second kappa shape index (κ2) is 5.80. The zero-order valence-electron chi connectivity index (χ0n) is 8.99. The minimum Gasteiger partial charge on any atom is -0.398 e. The summed E-state index contributed by atoms with van der Waals surface area (Å²) in [6.45, 7) is 0. The fraction of sp³-hybridized carbons (Fsp3) is 0.0769. The van der Waals surface area contributed by atoms with Crippen molar-refractivity contribution in [2.24, 2.45) is 0 Å². The normalized spacial score (nSPS) is 10.5. The van der Waals surface area contributed by atoms with Crippen molar-refractivity contribution in [3.63, 3.8) is 0 Å². The van der Waals surface area contributed by atoms with Gasteiger partial charge in [-0.05, 0) is 35.9 Å². The summed E-state index contributed by atoms with van der Waals surface area (Å²) in [4.78, 5) is 1.09. The van der Waals surface area contributed by atoms with Gasteiger partial charge in [0.1, 0.15) is 0 Å². The number of halogens is 2. The number of anilines is 1. The lowest BCUT2D eigenvalue weighted by atomic mass is 10.2. The minimum absolute atomic E-state index is 0.770. The Bertz CT molecular complexity index is 531. The summed E-state index contributed by atoms with van der Waals surface area (Å²) < 4.78 is 1.00. The predicted octanol–water partition coefficient (Wildman–Crippen LogP) is 4.98. The molecule has 0 spiro atoms. The van der Waals surface area contributed by atoms with Crippen LogP contribution in [0.15, 0.2) is 51.8 Å². The average Bonchev–Trinajstić information content (AvgIpc) is 2.28. The molecule has 2 aromatic rings. The Morgan fingerprint density at radius 2 is 2.00 bits per heavy atom. The van der Waals surface area contributed by atoms with E-state index < -0.39 is 0 Å². The van der Waals surface area contributed by atoms with Crippen LogP contribution in [-0.4, -0.2) is 0 Å². The standard InChI is InChI=1S/C13H11BrClNS/c14-10-4-5-13(12(16)7-10)17-8-9-2-1-3-11(15)6-9/h1-7H,8,16H2. The number of benzene rings is 2. The highest BCUT2D eigenvalue weighted by Gasteiger charge is 2.02. The summed E-state index contributed by atoms with van der Waals surface area (Å²) >= 11 is 11.0. The maximum atomic E-state index is 5.94. The summed E-state index contributed by atoms with van der Waals surface area (Å²) in [6.07, 6.45) is 0. The first-order chi connectivity index (χ1) is 8.15. The Balaban J connectivity index is 2.07. The van der Waals surface area contributed by atoms with Crippen LogP contribution in [0.3, 0.4) is 0 Å². The summed E-state index contributed by atoms with van der Waals surface area (Å²) in [6, 6.07) is 13.8. The number of nitrogen functional groups attached to an aromatic ring is 1. The molecule has 0 saturated heterocycles. The van der Waals surface area contributed by atoms with Gasteiger partial charge in [0.05, 0.1) is 0 Å². The van der Waals surface area contributed by atoms with Crippen LogP contribution >= 0.6 is 39.3 Å². The third-order valence-corrected chi connectivity index (χ3v) is 4.14. The molecule has 0 bridgehead atoms. The summed E-state index contributed by atoms with van der Waals surface area (Å²) in [7, 11) is 0. The highest BCUT2D eigenvalue weighted by molar-refractivity contribution is 9.10. The van der Waals surface area contributed by atoms with Crippen LogP contribution in [0.1, 0.15) is 5.56 Å². The van der Waals surface area contributed by atoms with Crippen LogP contribution in [0.4, 0.5) is 5.69 Å². The molecule has 2 aromatic carbocycles. The summed E-state index contributed by atoms with van der Waals surface area (Å²) in [5.41, 5.74) is 7.94. The Hall–Kier alpha value is -0.640. The van der Waals surface area contributed by atoms with Crippen molar-refractivity contribution in [1.82, 2.24) is 0 Å². The molecule has 0 radical (unpaired) electrons. The Morgan fingerprint density at radius 3 is 2.71 bits per heavy atom. The largest absolute Gasteiger partial charge is 0.398 e. The number of nitrogens with two attached hydrogens (primary N) is 1.